The zero-order valence-electron chi connectivity index (χ0n) is 10.5. The minimum absolute atomic E-state index is 0.602. The molecule has 3 rings (SSSR count). The molecule has 3 nitrogen and oxygen atoms in total. The van der Waals surface area contributed by atoms with E-state index in [-0.39, 0.29) is 0 Å². The number of anilines is 1. The number of nitrogens with one attached hydrogen (secondary N) is 1. The molecule has 1 N–H and O–H groups in total. The second kappa shape index (κ2) is 4.32. The van der Waals surface area contributed by atoms with Crippen LogP contribution in [0, 0.1) is 0 Å². The molecule has 0 spiro atoms. The topological polar surface area (TPSA) is 34.2 Å². The predicted molar refractivity (Wildman–Crippen MR) is 74.8 cm³/mol. The van der Waals surface area contributed by atoms with Crippen LogP contribution >= 0.6 is 11.6 Å². The van der Waals surface area contributed by atoms with Gasteiger partial charge in [0.15, 0.2) is 0 Å². The maximum atomic E-state index is 6.28. The molecule has 18 heavy (non-hydrogen) atoms. The van der Waals surface area contributed by atoms with Crippen molar-refractivity contribution < 1.29 is 4.74 Å². The number of ether oxygens (including phenoxy) is 1. The number of halogens is 1. The molecule has 1 aromatic carbocycles. The highest BCUT2D eigenvalue weighted by Gasteiger charge is 2.26. The van der Waals surface area contributed by atoms with E-state index < -0.39 is 0 Å². The first-order valence-electron chi connectivity index (χ1n) is 6.09. The summed E-state index contributed by atoms with van der Waals surface area (Å²) in [7, 11) is 3.56. The van der Waals surface area contributed by atoms with Gasteiger partial charge in [-0.05, 0) is 31.0 Å². The summed E-state index contributed by atoms with van der Waals surface area (Å²) < 4.78 is 5.39. The molecule has 94 valence electrons. The highest BCUT2D eigenvalue weighted by atomic mass is 35.5. The third-order valence-electron chi connectivity index (χ3n) is 3.38. The summed E-state index contributed by atoms with van der Waals surface area (Å²) >= 11 is 6.28. The molecule has 0 aliphatic heterocycles. The molecule has 1 aliphatic rings. The predicted octanol–water partition coefficient (Wildman–Crippen LogP) is 3.82. The fourth-order valence-corrected chi connectivity index (χ4v) is 2.50. The standard InChI is InChI=1S/C14H15ClN2O/c1-16-11-7-10(8-3-4-8)17-14-12(18-2)6-5-9(15)13(11)14/h5-8H,3-4H2,1-2H3,(H,16,17). The smallest absolute Gasteiger partial charge is 0.145 e. The van der Waals surface area contributed by atoms with Gasteiger partial charge in [-0.3, -0.25) is 0 Å². The van der Waals surface area contributed by atoms with Crippen molar-refractivity contribution in [3.8, 4) is 5.75 Å². The lowest BCUT2D eigenvalue weighted by Crippen LogP contribution is -1.98. The van der Waals surface area contributed by atoms with Gasteiger partial charge >= 0.3 is 0 Å². The van der Waals surface area contributed by atoms with Gasteiger partial charge in [-0.25, -0.2) is 4.98 Å². The van der Waals surface area contributed by atoms with Crippen LogP contribution in [-0.4, -0.2) is 19.1 Å². The van der Waals surface area contributed by atoms with E-state index in [1.54, 1.807) is 7.11 Å². The molecular weight excluding hydrogens is 248 g/mol. The summed E-state index contributed by atoms with van der Waals surface area (Å²) in [5.41, 5.74) is 3.00. The molecule has 0 radical (unpaired) electrons. The Labute approximate surface area is 111 Å². The number of rotatable bonds is 3. The molecule has 1 fully saturated rings. The SMILES string of the molecule is CNc1cc(C2CC2)nc2c(OC)ccc(Cl)c12. The number of fused-ring (bicyclic) bond motifs is 1. The quantitative estimate of drug-likeness (QED) is 0.913. The summed E-state index contributed by atoms with van der Waals surface area (Å²) in [5, 5.41) is 4.84. The molecule has 0 unspecified atom stereocenters. The zero-order chi connectivity index (χ0) is 12.7. The van der Waals surface area contributed by atoms with Crippen molar-refractivity contribution in [1.29, 1.82) is 0 Å². The lowest BCUT2D eigenvalue weighted by molar-refractivity contribution is 0.419. The second-order valence-corrected chi connectivity index (χ2v) is 5.00. The van der Waals surface area contributed by atoms with Crippen LogP contribution in [0.5, 0.6) is 5.75 Å². The molecule has 0 saturated heterocycles. The molecule has 0 amide bonds. The first kappa shape index (κ1) is 11.6. The number of hydrogen-bond acceptors (Lipinski definition) is 3. The van der Waals surface area contributed by atoms with Crippen LogP contribution in [0.2, 0.25) is 5.02 Å². The molecule has 4 heteroatoms. The Morgan fingerprint density at radius 2 is 2.17 bits per heavy atom. The van der Waals surface area contributed by atoms with E-state index in [0.717, 1.165) is 28.0 Å². The molecule has 1 heterocycles. The van der Waals surface area contributed by atoms with E-state index in [9.17, 15) is 0 Å². The van der Waals surface area contributed by atoms with Crippen molar-refractivity contribution in [2.75, 3.05) is 19.5 Å². The maximum absolute atomic E-state index is 6.28. The van der Waals surface area contributed by atoms with Crippen molar-refractivity contribution >= 4 is 28.2 Å². The van der Waals surface area contributed by atoms with Crippen molar-refractivity contribution in [2.24, 2.45) is 0 Å². The molecule has 2 aromatic rings. The minimum Gasteiger partial charge on any atom is -0.494 e. The van der Waals surface area contributed by atoms with Crippen molar-refractivity contribution in [3.63, 3.8) is 0 Å². The van der Waals surface area contributed by atoms with Crippen molar-refractivity contribution in [2.45, 2.75) is 18.8 Å². The van der Waals surface area contributed by atoms with E-state index in [1.165, 1.54) is 12.8 Å². The Balaban J connectivity index is 2.34. The highest BCUT2D eigenvalue weighted by Crippen LogP contribution is 2.43. The van der Waals surface area contributed by atoms with E-state index in [4.69, 9.17) is 21.3 Å². The number of benzene rings is 1. The number of methoxy groups -OCH3 is 1. The zero-order valence-corrected chi connectivity index (χ0v) is 11.2. The van der Waals surface area contributed by atoms with Crippen LogP contribution in [0.4, 0.5) is 5.69 Å². The average molecular weight is 263 g/mol. The number of aromatic nitrogens is 1. The van der Waals surface area contributed by atoms with Gasteiger partial charge in [-0.2, -0.15) is 0 Å². The van der Waals surface area contributed by atoms with Gasteiger partial charge in [0.2, 0.25) is 0 Å². The normalized spacial score (nSPS) is 14.8. The maximum Gasteiger partial charge on any atom is 0.145 e. The fraction of sp³-hybridized carbons (Fsp3) is 0.357. The minimum atomic E-state index is 0.602. The third kappa shape index (κ3) is 1.79. The van der Waals surface area contributed by atoms with Crippen LogP contribution < -0.4 is 10.1 Å². The van der Waals surface area contributed by atoms with Gasteiger partial charge in [-0.15, -0.1) is 0 Å². The van der Waals surface area contributed by atoms with Gasteiger partial charge in [0.05, 0.1) is 12.1 Å². The van der Waals surface area contributed by atoms with Crippen LogP contribution in [0.15, 0.2) is 18.2 Å². The van der Waals surface area contributed by atoms with Crippen molar-refractivity contribution in [1.82, 2.24) is 4.98 Å². The highest BCUT2D eigenvalue weighted by molar-refractivity contribution is 6.36. The molecular formula is C14H15ClN2O. The Hall–Kier alpha value is -1.48. The Kier molecular flexibility index (Phi) is 2.78. The van der Waals surface area contributed by atoms with E-state index in [0.29, 0.717) is 10.9 Å². The van der Waals surface area contributed by atoms with Crippen LogP contribution in [-0.2, 0) is 0 Å². The molecule has 1 aromatic heterocycles. The average Bonchev–Trinajstić information content (AvgIpc) is 3.22. The van der Waals surface area contributed by atoms with E-state index in [2.05, 4.69) is 11.4 Å². The van der Waals surface area contributed by atoms with Crippen LogP contribution in [0.1, 0.15) is 24.5 Å². The van der Waals surface area contributed by atoms with E-state index >= 15 is 0 Å². The van der Waals surface area contributed by atoms with Gasteiger partial charge < -0.3 is 10.1 Å². The van der Waals surface area contributed by atoms with Gasteiger partial charge in [0.25, 0.3) is 0 Å². The van der Waals surface area contributed by atoms with Crippen molar-refractivity contribution in [3.05, 3.63) is 28.9 Å². The summed E-state index contributed by atoms with van der Waals surface area (Å²) in [6.45, 7) is 0. The Bertz CT molecular complexity index is 608. The summed E-state index contributed by atoms with van der Waals surface area (Å²) in [4.78, 5) is 4.73. The van der Waals surface area contributed by atoms with Crippen LogP contribution in [0.3, 0.4) is 0 Å². The largest absolute Gasteiger partial charge is 0.494 e. The first-order valence-corrected chi connectivity index (χ1v) is 6.47. The van der Waals surface area contributed by atoms with Gasteiger partial charge in [-0.1, -0.05) is 11.6 Å². The summed E-state index contributed by atoms with van der Waals surface area (Å²) in [6, 6.07) is 5.82. The molecule has 1 aliphatic carbocycles. The molecule has 1 saturated carbocycles. The van der Waals surface area contributed by atoms with Gasteiger partial charge in [0, 0.05) is 29.7 Å². The second-order valence-electron chi connectivity index (χ2n) is 4.59. The number of nitrogens with zero attached hydrogens (tertiary/aromatic N) is 1. The van der Waals surface area contributed by atoms with Crippen LogP contribution in [0.25, 0.3) is 10.9 Å². The third-order valence-corrected chi connectivity index (χ3v) is 3.69. The molecule has 0 atom stereocenters. The Morgan fingerprint density at radius 1 is 1.39 bits per heavy atom. The van der Waals surface area contributed by atoms with E-state index in [1.807, 2.05) is 19.2 Å². The summed E-state index contributed by atoms with van der Waals surface area (Å²) in [5.74, 6) is 1.37. The Morgan fingerprint density at radius 3 is 2.78 bits per heavy atom. The first-order chi connectivity index (χ1) is 8.74. The monoisotopic (exact) mass is 262 g/mol. The molecule has 0 bridgehead atoms. The van der Waals surface area contributed by atoms with Gasteiger partial charge in [0.1, 0.15) is 11.3 Å². The number of pyridine rings is 1. The lowest BCUT2D eigenvalue weighted by Gasteiger charge is -2.12. The summed E-state index contributed by atoms with van der Waals surface area (Å²) in [6.07, 6.45) is 2.45. The lowest BCUT2D eigenvalue weighted by atomic mass is 10.1. The fourth-order valence-electron chi connectivity index (χ4n) is 2.25. The number of hydrogen-bond donors (Lipinski definition) is 1.